The molecule has 4 unspecified atom stereocenters. The first-order valence-corrected chi connectivity index (χ1v) is 18.4. The fraction of sp³-hybridized carbons (Fsp3) is 0.361. The van der Waals surface area contributed by atoms with Gasteiger partial charge >= 0.3 is 18.0 Å². The number of carbonyl (C=O) groups excluding carboxylic acids is 4. The van der Waals surface area contributed by atoms with Crippen molar-refractivity contribution in [2.24, 2.45) is 5.92 Å². The molecule has 7 N–H and O–H groups in total. The molecule has 0 aliphatic carbocycles. The number of imidazole rings is 1. The Morgan fingerprint density at radius 1 is 0.815 bits per heavy atom. The summed E-state index contributed by atoms with van der Waals surface area (Å²) in [4.78, 5) is 83.3. The van der Waals surface area contributed by atoms with Crippen molar-refractivity contribution in [1.82, 2.24) is 31.2 Å². The highest BCUT2D eigenvalue weighted by Gasteiger charge is 2.32. The Morgan fingerprint density at radius 3 is 2.02 bits per heavy atom. The van der Waals surface area contributed by atoms with Gasteiger partial charge in [0.05, 0.1) is 23.7 Å². The summed E-state index contributed by atoms with van der Waals surface area (Å²) in [6.45, 7) is 3.53. The van der Waals surface area contributed by atoms with E-state index in [0.29, 0.717) is 11.3 Å². The number of carboxylic acids is 2. The zero-order chi connectivity index (χ0) is 39.7. The Labute approximate surface area is 311 Å². The highest BCUT2D eigenvalue weighted by atomic mass is 32.2. The molecule has 0 bridgehead atoms. The molecule has 3 aromatic rings. The van der Waals surface area contributed by atoms with E-state index in [-0.39, 0.29) is 30.3 Å². The molecule has 290 valence electrons. The van der Waals surface area contributed by atoms with Crippen LogP contribution < -0.4 is 21.3 Å². The lowest BCUT2D eigenvalue weighted by Crippen LogP contribution is -2.58. The third-order valence-corrected chi connectivity index (χ3v) is 9.15. The van der Waals surface area contributed by atoms with E-state index in [1.165, 1.54) is 36.8 Å². The average molecular weight is 769 g/mol. The molecule has 4 atom stereocenters. The number of alkyl carbamates (subject to hydrolysis) is 1. The summed E-state index contributed by atoms with van der Waals surface area (Å²) in [6, 6.07) is 10.7. The predicted molar refractivity (Wildman–Crippen MR) is 193 cm³/mol. The van der Waals surface area contributed by atoms with Crippen LogP contribution in [0.5, 0.6) is 0 Å². The van der Waals surface area contributed by atoms with Crippen LogP contribution in [0.25, 0.3) is 0 Å². The number of aliphatic carboxylic acids is 2. The summed E-state index contributed by atoms with van der Waals surface area (Å²) < 4.78 is 30.9. The molecule has 18 heteroatoms. The summed E-state index contributed by atoms with van der Waals surface area (Å²) >= 11 is 0. The zero-order valence-electron chi connectivity index (χ0n) is 29.6. The highest BCUT2D eigenvalue weighted by Crippen LogP contribution is 2.13. The molecule has 3 rings (SSSR count). The maximum absolute atomic E-state index is 13.7. The van der Waals surface area contributed by atoms with Crippen LogP contribution in [0.1, 0.15) is 50.8 Å². The summed E-state index contributed by atoms with van der Waals surface area (Å²) in [5.41, 5.74) is 1.08. The van der Waals surface area contributed by atoms with Gasteiger partial charge in [0, 0.05) is 30.1 Å². The second kappa shape index (κ2) is 20.9. The average Bonchev–Trinajstić information content (AvgIpc) is 3.64. The van der Waals surface area contributed by atoms with Gasteiger partial charge in [-0.05, 0) is 42.5 Å². The van der Waals surface area contributed by atoms with Crippen LogP contribution in [0.15, 0.2) is 89.6 Å². The van der Waals surface area contributed by atoms with Gasteiger partial charge in [-0.3, -0.25) is 24.0 Å². The number of hydrogen-bond acceptors (Lipinski definition) is 10. The molecular weight excluding hydrogens is 724 g/mol. The molecule has 2 aromatic carbocycles. The molecule has 0 saturated carbocycles. The first-order chi connectivity index (χ1) is 25.6. The van der Waals surface area contributed by atoms with E-state index < -0.39 is 89.0 Å². The smallest absolute Gasteiger partial charge is 0.408 e. The van der Waals surface area contributed by atoms with Crippen LogP contribution in [0.2, 0.25) is 0 Å². The number of carbonyl (C=O) groups is 6. The summed E-state index contributed by atoms with van der Waals surface area (Å²) in [5.74, 6) is -5.44. The molecule has 0 aliphatic rings. The number of ether oxygens (including phenoxy) is 1. The number of hydrogen-bond donors (Lipinski definition) is 7. The number of aromatic nitrogens is 2. The molecule has 4 amide bonds. The lowest BCUT2D eigenvalue weighted by molar-refractivity contribution is -0.139. The van der Waals surface area contributed by atoms with Crippen LogP contribution in [0, 0.1) is 5.92 Å². The Morgan fingerprint density at radius 2 is 1.43 bits per heavy atom. The number of benzene rings is 2. The Hall–Kier alpha value is -6.04. The molecule has 0 radical (unpaired) electrons. The minimum absolute atomic E-state index is 0.0598. The van der Waals surface area contributed by atoms with E-state index in [2.05, 4.69) is 31.2 Å². The fourth-order valence-electron chi connectivity index (χ4n) is 5.04. The van der Waals surface area contributed by atoms with Gasteiger partial charge in [0.25, 0.3) is 0 Å². The van der Waals surface area contributed by atoms with Crippen molar-refractivity contribution in [2.75, 3.05) is 0 Å². The van der Waals surface area contributed by atoms with Gasteiger partial charge in [-0.25, -0.2) is 18.2 Å². The maximum atomic E-state index is 13.7. The van der Waals surface area contributed by atoms with Crippen LogP contribution in [-0.2, 0) is 51.6 Å². The molecule has 0 fully saturated rings. The number of H-pyrrole nitrogens is 1. The van der Waals surface area contributed by atoms with Crippen molar-refractivity contribution < 1.29 is 52.1 Å². The number of nitrogens with one attached hydrogen (secondary N) is 5. The monoisotopic (exact) mass is 768 g/mol. The van der Waals surface area contributed by atoms with Crippen molar-refractivity contribution in [3.05, 3.63) is 95.9 Å². The van der Waals surface area contributed by atoms with Crippen molar-refractivity contribution in [3.8, 4) is 0 Å². The van der Waals surface area contributed by atoms with E-state index in [4.69, 9.17) is 4.74 Å². The minimum atomic E-state index is -4.01. The van der Waals surface area contributed by atoms with Gasteiger partial charge in [0.15, 0.2) is 9.84 Å². The van der Waals surface area contributed by atoms with E-state index in [0.717, 1.165) is 11.5 Å². The Balaban J connectivity index is 1.81. The van der Waals surface area contributed by atoms with E-state index in [1.54, 1.807) is 50.2 Å². The molecule has 0 saturated heterocycles. The lowest BCUT2D eigenvalue weighted by atomic mass is 10.0. The Kier molecular flexibility index (Phi) is 16.4. The fourth-order valence-corrected chi connectivity index (χ4v) is 6.13. The Bertz CT molecular complexity index is 1850. The third kappa shape index (κ3) is 14.9. The number of sulfone groups is 1. The van der Waals surface area contributed by atoms with Crippen LogP contribution in [0.3, 0.4) is 0 Å². The van der Waals surface area contributed by atoms with Gasteiger partial charge in [-0.15, -0.1) is 0 Å². The van der Waals surface area contributed by atoms with E-state index in [1.807, 2.05) is 0 Å². The molecule has 0 spiro atoms. The quantitative estimate of drug-likeness (QED) is 0.0822. The van der Waals surface area contributed by atoms with E-state index >= 15 is 0 Å². The van der Waals surface area contributed by atoms with Crippen molar-refractivity contribution in [2.45, 2.75) is 81.6 Å². The maximum Gasteiger partial charge on any atom is 0.408 e. The lowest BCUT2D eigenvalue weighted by Gasteiger charge is -2.26. The van der Waals surface area contributed by atoms with Gasteiger partial charge in [-0.1, -0.05) is 62.4 Å². The topological polar surface area (TPSA) is 263 Å². The molecule has 54 heavy (non-hydrogen) atoms. The van der Waals surface area contributed by atoms with Gasteiger partial charge < -0.3 is 41.2 Å². The second-order valence-corrected chi connectivity index (χ2v) is 14.5. The highest BCUT2D eigenvalue weighted by molar-refractivity contribution is 7.94. The standard InChI is InChI=1S/C36H44N6O11S/c1-23(2)17-29(42-36(50)53-21-24-9-5-3-6-10-24)35(49)40-28(13-14-31(43)44)33(47)41-30(18-26-20-37-22-38-26)34(48)39-25(19-32(45)46)15-16-54(51,52)27-11-7-4-8-12-27/h3-12,15-16,20,22-23,25,28-30H,13-14,17-19,21H2,1-2H3,(H,37,38)(H,39,48)(H,40,49)(H,41,47)(H,42,50)(H,43,44)(H,45,46). The van der Waals surface area contributed by atoms with Crippen molar-refractivity contribution in [1.29, 1.82) is 0 Å². The SMILES string of the molecule is CC(C)CC(NC(=O)OCc1ccccc1)C(=O)NC(CCC(=O)O)C(=O)NC(Cc1cnc[nH]1)C(=O)NC(C=CS(=O)(=O)c1ccccc1)CC(=O)O. The number of rotatable bonds is 21. The van der Waals surface area contributed by atoms with Crippen LogP contribution in [0.4, 0.5) is 4.79 Å². The van der Waals surface area contributed by atoms with Gasteiger partial charge in [-0.2, -0.15) is 0 Å². The largest absolute Gasteiger partial charge is 0.481 e. The second-order valence-electron chi connectivity index (χ2n) is 12.6. The van der Waals surface area contributed by atoms with Crippen molar-refractivity contribution in [3.63, 3.8) is 0 Å². The van der Waals surface area contributed by atoms with Crippen LogP contribution in [-0.4, -0.2) is 88.5 Å². The summed E-state index contributed by atoms with van der Waals surface area (Å²) in [5, 5.41) is 29.6. The molecular formula is C36H44N6O11S. The predicted octanol–water partition coefficient (Wildman–Crippen LogP) is 2.07. The normalized spacial score (nSPS) is 13.6. The molecule has 17 nitrogen and oxygen atoms in total. The summed E-state index contributed by atoms with van der Waals surface area (Å²) in [7, 11) is -4.01. The number of carboxylic acid groups (broad SMARTS) is 2. The zero-order valence-corrected chi connectivity index (χ0v) is 30.5. The van der Waals surface area contributed by atoms with Gasteiger partial charge in [0.2, 0.25) is 17.7 Å². The number of nitrogens with zero attached hydrogens (tertiary/aromatic N) is 1. The minimum Gasteiger partial charge on any atom is -0.481 e. The molecule has 1 heterocycles. The van der Waals surface area contributed by atoms with Crippen LogP contribution >= 0.6 is 0 Å². The number of aromatic amines is 1. The molecule has 0 aliphatic heterocycles. The van der Waals surface area contributed by atoms with E-state index in [9.17, 15) is 47.4 Å². The van der Waals surface area contributed by atoms with Gasteiger partial charge in [0.1, 0.15) is 24.7 Å². The first kappa shape index (κ1) is 42.4. The summed E-state index contributed by atoms with van der Waals surface area (Å²) in [6.07, 6.45) is 1.03. The first-order valence-electron chi connectivity index (χ1n) is 16.9. The third-order valence-electron chi connectivity index (χ3n) is 7.70. The van der Waals surface area contributed by atoms with Crippen molar-refractivity contribution >= 4 is 45.6 Å². The molecule has 1 aromatic heterocycles. The number of amides is 4.